The van der Waals surface area contributed by atoms with Crippen LogP contribution in [0.15, 0.2) is 65.7 Å². The highest BCUT2D eigenvalue weighted by Gasteiger charge is 2.12. The van der Waals surface area contributed by atoms with Gasteiger partial charge in [0.15, 0.2) is 0 Å². The van der Waals surface area contributed by atoms with Gasteiger partial charge in [0.1, 0.15) is 0 Å². The highest BCUT2D eigenvalue weighted by molar-refractivity contribution is 7.99. The van der Waals surface area contributed by atoms with Gasteiger partial charge in [-0.3, -0.25) is 4.79 Å². The van der Waals surface area contributed by atoms with Crippen molar-refractivity contribution < 1.29 is 4.79 Å². The molecule has 4 rings (SSSR count). The summed E-state index contributed by atoms with van der Waals surface area (Å²) in [5, 5.41) is 3.17. The lowest BCUT2D eigenvalue weighted by atomic mass is 10.1. The normalized spacial score (nSPS) is 14.8. The summed E-state index contributed by atoms with van der Waals surface area (Å²) in [4.78, 5) is 26.4. The first-order valence-corrected chi connectivity index (χ1v) is 12.2. The van der Waals surface area contributed by atoms with Gasteiger partial charge in [-0.25, -0.2) is 9.97 Å². The molecule has 0 spiro atoms. The average molecular weight is 463 g/mol. The lowest BCUT2D eigenvalue weighted by Crippen LogP contribution is -2.44. The molecule has 2 aromatic carbocycles. The molecule has 172 valence electrons. The van der Waals surface area contributed by atoms with E-state index in [0.29, 0.717) is 11.5 Å². The van der Waals surface area contributed by atoms with Crippen LogP contribution in [0, 0.1) is 0 Å². The van der Waals surface area contributed by atoms with Crippen molar-refractivity contribution in [3.8, 4) is 11.3 Å². The second kappa shape index (κ2) is 11.3. The van der Waals surface area contributed by atoms with Crippen molar-refractivity contribution in [3.05, 3.63) is 66.4 Å². The number of nitrogens with one attached hydrogen (secondary N) is 1. The molecule has 1 saturated heterocycles. The smallest absolute Gasteiger partial charge is 0.248 e. The first-order chi connectivity index (χ1) is 16.1. The van der Waals surface area contributed by atoms with Gasteiger partial charge in [0.2, 0.25) is 11.9 Å². The Morgan fingerprint density at radius 1 is 1.03 bits per heavy atom. The summed E-state index contributed by atoms with van der Waals surface area (Å²) in [6.07, 6.45) is 2.95. The Hall–Kier alpha value is -2.94. The first-order valence-electron chi connectivity index (χ1n) is 11.2. The molecule has 0 radical (unpaired) electrons. The minimum atomic E-state index is -0.448. The first kappa shape index (κ1) is 23.2. The topological polar surface area (TPSA) is 87.4 Å². The zero-order valence-electron chi connectivity index (χ0n) is 18.9. The van der Waals surface area contributed by atoms with Gasteiger partial charge in [0.05, 0.1) is 5.69 Å². The number of anilines is 2. The number of amides is 1. The molecule has 2 heterocycles. The maximum atomic E-state index is 11.2. The van der Waals surface area contributed by atoms with Crippen molar-refractivity contribution in [1.29, 1.82) is 0 Å². The van der Waals surface area contributed by atoms with Gasteiger partial charge in [0, 0.05) is 54.1 Å². The third kappa shape index (κ3) is 6.77. The van der Waals surface area contributed by atoms with Crippen molar-refractivity contribution in [3.63, 3.8) is 0 Å². The number of piperazine rings is 1. The maximum absolute atomic E-state index is 11.2. The van der Waals surface area contributed by atoms with E-state index in [-0.39, 0.29) is 0 Å². The predicted octanol–water partition coefficient (Wildman–Crippen LogP) is 3.72. The standard InChI is InChI=1S/C25H30N6OS/c1-30-14-16-31(17-15-30)13-2-18-33-22-9-5-19(6-10-22)23-11-12-27-25(29-23)28-21-7-3-20(4-8-21)24(26)32/h3-12H,2,13-18H2,1H3,(H2,26,32)(H,27,28,29). The molecule has 1 fully saturated rings. The van der Waals surface area contributed by atoms with E-state index in [1.54, 1.807) is 30.5 Å². The monoisotopic (exact) mass is 462 g/mol. The van der Waals surface area contributed by atoms with Crippen LogP contribution in [0.2, 0.25) is 0 Å². The molecule has 33 heavy (non-hydrogen) atoms. The summed E-state index contributed by atoms with van der Waals surface area (Å²) in [5.41, 5.74) is 8.45. The molecule has 0 saturated carbocycles. The van der Waals surface area contributed by atoms with Gasteiger partial charge in [-0.15, -0.1) is 11.8 Å². The molecule has 0 bridgehead atoms. The van der Waals surface area contributed by atoms with Crippen molar-refractivity contribution in [1.82, 2.24) is 19.8 Å². The Morgan fingerprint density at radius 3 is 2.45 bits per heavy atom. The Balaban J connectivity index is 1.29. The summed E-state index contributed by atoms with van der Waals surface area (Å²) < 4.78 is 0. The third-order valence-corrected chi connectivity index (χ3v) is 6.81. The molecule has 0 atom stereocenters. The zero-order valence-corrected chi connectivity index (χ0v) is 19.7. The Labute approximate surface area is 199 Å². The van der Waals surface area contributed by atoms with Crippen LogP contribution >= 0.6 is 11.8 Å². The SMILES string of the molecule is CN1CCN(CCCSc2ccc(-c3ccnc(Nc4ccc(C(N)=O)cc4)n3)cc2)CC1. The van der Waals surface area contributed by atoms with Crippen LogP contribution in [0.4, 0.5) is 11.6 Å². The summed E-state index contributed by atoms with van der Waals surface area (Å²) in [7, 11) is 2.20. The summed E-state index contributed by atoms with van der Waals surface area (Å²) >= 11 is 1.91. The van der Waals surface area contributed by atoms with Crippen molar-refractivity contribution in [2.45, 2.75) is 11.3 Å². The van der Waals surface area contributed by atoms with E-state index < -0.39 is 5.91 Å². The van der Waals surface area contributed by atoms with Crippen LogP contribution in [0.5, 0.6) is 0 Å². The minimum absolute atomic E-state index is 0.448. The number of benzene rings is 2. The number of likely N-dealkylation sites (N-methyl/N-ethyl adjacent to an activating group) is 1. The summed E-state index contributed by atoms with van der Waals surface area (Å²) in [5.74, 6) is 1.18. The van der Waals surface area contributed by atoms with E-state index in [1.807, 2.05) is 17.8 Å². The number of nitrogens with two attached hydrogens (primary N) is 1. The number of hydrogen-bond donors (Lipinski definition) is 2. The number of aromatic nitrogens is 2. The van der Waals surface area contributed by atoms with Crippen LogP contribution in [-0.4, -0.2) is 71.2 Å². The molecule has 1 aliphatic rings. The maximum Gasteiger partial charge on any atom is 0.248 e. The molecule has 8 heteroatoms. The van der Waals surface area contributed by atoms with Gasteiger partial charge in [0.25, 0.3) is 0 Å². The van der Waals surface area contributed by atoms with Gasteiger partial charge in [-0.2, -0.15) is 0 Å². The fraction of sp³-hybridized carbons (Fsp3) is 0.320. The fourth-order valence-electron chi connectivity index (χ4n) is 3.70. The van der Waals surface area contributed by atoms with Crippen LogP contribution < -0.4 is 11.1 Å². The van der Waals surface area contributed by atoms with Gasteiger partial charge >= 0.3 is 0 Å². The van der Waals surface area contributed by atoms with Crippen LogP contribution in [-0.2, 0) is 0 Å². The van der Waals surface area contributed by atoms with E-state index in [2.05, 4.69) is 56.4 Å². The van der Waals surface area contributed by atoms with Crippen molar-refractivity contribution >= 4 is 29.3 Å². The lowest BCUT2D eigenvalue weighted by molar-refractivity contribution is 0.100. The van der Waals surface area contributed by atoms with Gasteiger partial charge in [-0.05, 0) is 68.2 Å². The second-order valence-electron chi connectivity index (χ2n) is 8.20. The number of hydrogen-bond acceptors (Lipinski definition) is 7. The lowest BCUT2D eigenvalue weighted by Gasteiger charge is -2.32. The van der Waals surface area contributed by atoms with E-state index in [4.69, 9.17) is 5.73 Å². The fourth-order valence-corrected chi connectivity index (χ4v) is 4.54. The van der Waals surface area contributed by atoms with Crippen LogP contribution in [0.25, 0.3) is 11.3 Å². The number of nitrogens with zero attached hydrogens (tertiary/aromatic N) is 4. The van der Waals surface area contributed by atoms with E-state index in [9.17, 15) is 4.79 Å². The van der Waals surface area contributed by atoms with Crippen molar-refractivity contribution in [2.24, 2.45) is 5.73 Å². The number of thioether (sulfide) groups is 1. The van der Waals surface area contributed by atoms with E-state index in [0.717, 1.165) is 22.7 Å². The number of rotatable bonds is 9. The number of carbonyl (C=O) groups is 1. The number of carbonyl (C=O) groups excluding carboxylic acids is 1. The molecule has 3 N–H and O–H groups in total. The highest BCUT2D eigenvalue weighted by Crippen LogP contribution is 2.24. The van der Waals surface area contributed by atoms with Crippen LogP contribution in [0.1, 0.15) is 16.8 Å². The van der Waals surface area contributed by atoms with E-state index in [1.165, 1.54) is 44.0 Å². The molecular formula is C25H30N6OS. The van der Waals surface area contributed by atoms with Gasteiger partial charge < -0.3 is 20.9 Å². The molecule has 3 aromatic rings. The Morgan fingerprint density at radius 2 is 1.76 bits per heavy atom. The quantitative estimate of drug-likeness (QED) is 0.370. The van der Waals surface area contributed by atoms with E-state index >= 15 is 0 Å². The zero-order chi connectivity index (χ0) is 23.0. The third-order valence-electron chi connectivity index (χ3n) is 5.71. The summed E-state index contributed by atoms with van der Waals surface area (Å²) in [6, 6.07) is 17.4. The molecule has 1 aliphatic heterocycles. The Bertz CT molecular complexity index is 1050. The molecule has 0 aliphatic carbocycles. The number of primary amides is 1. The largest absolute Gasteiger partial charge is 0.366 e. The summed E-state index contributed by atoms with van der Waals surface area (Å²) in [6.45, 7) is 5.91. The molecule has 7 nitrogen and oxygen atoms in total. The molecule has 1 amide bonds. The molecule has 1 aromatic heterocycles. The predicted molar refractivity (Wildman–Crippen MR) is 135 cm³/mol. The Kier molecular flexibility index (Phi) is 7.93. The highest BCUT2D eigenvalue weighted by atomic mass is 32.2. The van der Waals surface area contributed by atoms with Gasteiger partial charge in [-0.1, -0.05) is 12.1 Å². The minimum Gasteiger partial charge on any atom is -0.366 e. The average Bonchev–Trinajstić information content (AvgIpc) is 2.84. The second-order valence-corrected chi connectivity index (χ2v) is 9.37. The van der Waals surface area contributed by atoms with Crippen LogP contribution in [0.3, 0.4) is 0 Å². The molecule has 0 unspecified atom stereocenters. The molecular weight excluding hydrogens is 432 g/mol. The van der Waals surface area contributed by atoms with Crippen molar-refractivity contribution in [2.75, 3.05) is 50.8 Å².